The van der Waals surface area contributed by atoms with Crippen LogP contribution in [0, 0.1) is 6.92 Å². The summed E-state index contributed by atoms with van der Waals surface area (Å²) in [6.07, 6.45) is 1.97. The summed E-state index contributed by atoms with van der Waals surface area (Å²) in [5, 5.41) is 12.2. The highest BCUT2D eigenvalue weighted by molar-refractivity contribution is 7.99. The summed E-state index contributed by atoms with van der Waals surface area (Å²) in [5.41, 5.74) is 1.23. The average molecular weight is 307 g/mol. The van der Waals surface area contributed by atoms with Gasteiger partial charge >= 0.3 is 5.97 Å². The van der Waals surface area contributed by atoms with Gasteiger partial charge in [-0.1, -0.05) is 24.3 Å². The first kappa shape index (κ1) is 15.9. The van der Waals surface area contributed by atoms with Gasteiger partial charge in [0.2, 0.25) is 5.91 Å². The molecule has 114 valence electrons. The first-order valence-corrected chi connectivity index (χ1v) is 8.36. The van der Waals surface area contributed by atoms with Crippen LogP contribution in [0.15, 0.2) is 24.3 Å². The van der Waals surface area contributed by atoms with Gasteiger partial charge in [-0.3, -0.25) is 4.79 Å². The second-order valence-electron chi connectivity index (χ2n) is 5.47. The van der Waals surface area contributed by atoms with E-state index in [1.54, 1.807) is 11.8 Å². The van der Waals surface area contributed by atoms with Gasteiger partial charge in [-0.2, -0.15) is 11.8 Å². The normalized spacial score (nSPS) is 17.2. The Bertz CT molecular complexity index is 524. The smallest absolute Gasteiger partial charge is 0.329 e. The van der Waals surface area contributed by atoms with E-state index in [2.05, 4.69) is 5.32 Å². The van der Waals surface area contributed by atoms with Crippen LogP contribution in [0.1, 0.15) is 30.4 Å². The number of nitrogens with one attached hydrogen (secondary N) is 1. The molecule has 1 amide bonds. The maximum absolute atomic E-state index is 12.1. The number of hydrogen-bond donors (Lipinski definition) is 2. The number of thioether (sulfide) groups is 1. The Morgan fingerprint density at radius 3 is 2.57 bits per heavy atom. The van der Waals surface area contributed by atoms with Crippen LogP contribution < -0.4 is 5.32 Å². The molecule has 1 heterocycles. The molecule has 2 rings (SSSR count). The Kier molecular flexibility index (Phi) is 5.28. The number of aryl methyl sites for hydroxylation is 2. The van der Waals surface area contributed by atoms with E-state index in [0.717, 1.165) is 22.6 Å². The van der Waals surface area contributed by atoms with E-state index in [1.165, 1.54) is 0 Å². The van der Waals surface area contributed by atoms with Gasteiger partial charge in [0.25, 0.3) is 0 Å². The van der Waals surface area contributed by atoms with Crippen molar-refractivity contribution in [1.29, 1.82) is 0 Å². The molecule has 0 radical (unpaired) electrons. The van der Waals surface area contributed by atoms with Gasteiger partial charge in [0.1, 0.15) is 5.54 Å². The third-order valence-corrected chi connectivity index (χ3v) is 5.00. The van der Waals surface area contributed by atoms with Crippen LogP contribution in [-0.2, 0) is 16.0 Å². The number of amides is 1. The molecule has 4 nitrogen and oxygen atoms in total. The van der Waals surface area contributed by atoms with Gasteiger partial charge in [0.05, 0.1) is 0 Å². The lowest BCUT2D eigenvalue weighted by atomic mass is 9.92. The summed E-state index contributed by atoms with van der Waals surface area (Å²) < 4.78 is 0. The number of rotatable bonds is 5. The summed E-state index contributed by atoms with van der Waals surface area (Å²) in [4.78, 5) is 23.6. The Labute approximate surface area is 129 Å². The largest absolute Gasteiger partial charge is 0.480 e. The maximum Gasteiger partial charge on any atom is 0.329 e. The summed E-state index contributed by atoms with van der Waals surface area (Å²) >= 11 is 1.74. The van der Waals surface area contributed by atoms with Gasteiger partial charge in [-0.25, -0.2) is 4.79 Å². The number of aliphatic carboxylic acids is 1. The number of carbonyl (C=O) groups excluding carboxylic acids is 1. The van der Waals surface area contributed by atoms with Crippen molar-refractivity contribution in [3.05, 3.63) is 35.4 Å². The molecule has 1 saturated heterocycles. The minimum Gasteiger partial charge on any atom is -0.480 e. The summed E-state index contributed by atoms with van der Waals surface area (Å²) in [6.45, 7) is 2.02. The second-order valence-corrected chi connectivity index (χ2v) is 6.70. The number of carboxylic acid groups (broad SMARTS) is 1. The minimum atomic E-state index is -1.06. The van der Waals surface area contributed by atoms with Crippen LogP contribution in [0.4, 0.5) is 0 Å². The van der Waals surface area contributed by atoms with E-state index < -0.39 is 11.5 Å². The van der Waals surface area contributed by atoms with Crippen molar-refractivity contribution < 1.29 is 14.7 Å². The Morgan fingerprint density at radius 2 is 1.95 bits per heavy atom. The van der Waals surface area contributed by atoms with Gasteiger partial charge in [0.15, 0.2) is 0 Å². The number of carboxylic acids is 1. The van der Waals surface area contributed by atoms with E-state index in [9.17, 15) is 14.7 Å². The van der Waals surface area contributed by atoms with Crippen LogP contribution in [0.5, 0.6) is 0 Å². The molecule has 21 heavy (non-hydrogen) atoms. The highest BCUT2D eigenvalue weighted by atomic mass is 32.2. The molecular weight excluding hydrogens is 286 g/mol. The summed E-state index contributed by atoms with van der Waals surface area (Å²) in [7, 11) is 0. The molecule has 0 unspecified atom stereocenters. The average Bonchev–Trinajstić information content (AvgIpc) is 2.47. The van der Waals surface area contributed by atoms with Gasteiger partial charge in [0, 0.05) is 6.42 Å². The first-order valence-electron chi connectivity index (χ1n) is 7.20. The molecule has 1 aliphatic rings. The van der Waals surface area contributed by atoms with Crippen LogP contribution in [0.3, 0.4) is 0 Å². The predicted molar refractivity (Wildman–Crippen MR) is 84.6 cm³/mol. The molecule has 0 spiro atoms. The zero-order chi connectivity index (χ0) is 15.3. The van der Waals surface area contributed by atoms with Gasteiger partial charge in [-0.15, -0.1) is 0 Å². The fraction of sp³-hybridized carbons (Fsp3) is 0.500. The summed E-state index contributed by atoms with van der Waals surface area (Å²) in [5.74, 6) is 0.481. The molecule has 0 aliphatic carbocycles. The zero-order valence-electron chi connectivity index (χ0n) is 12.2. The lowest BCUT2D eigenvalue weighted by Crippen LogP contribution is -2.56. The van der Waals surface area contributed by atoms with E-state index in [4.69, 9.17) is 0 Å². The quantitative estimate of drug-likeness (QED) is 0.876. The highest BCUT2D eigenvalue weighted by Crippen LogP contribution is 2.27. The number of carbonyl (C=O) groups is 2. The van der Waals surface area contributed by atoms with E-state index in [1.807, 2.05) is 31.2 Å². The van der Waals surface area contributed by atoms with Crippen molar-refractivity contribution in [3.63, 3.8) is 0 Å². The molecule has 1 fully saturated rings. The topological polar surface area (TPSA) is 66.4 Å². The van der Waals surface area contributed by atoms with E-state index in [-0.39, 0.29) is 5.91 Å². The lowest BCUT2D eigenvalue weighted by molar-refractivity contribution is -0.148. The SMILES string of the molecule is Cc1ccccc1CCC(=O)NC1(C(=O)O)CCSCC1. The van der Waals surface area contributed by atoms with Crippen molar-refractivity contribution in [2.24, 2.45) is 0 Å². The second kappa shape index (κ2) is 6.98. The monoisotopic (exact) mass is 307 g/mol. The fourth-order valence-corrected chi connectivity index (χ4v) is 3.77. The Hall–Kier alpha value is -1.49. The van der Waals surface area contributed by atoms with Crippen LogP contribution >= 0.6 is 11.8 Å². The van der Waals surface area contributed by atoms with Crippen molar-refractivity contribution in [2.45, 2.75) is 38.1 Å². The van der Waals surface area contributed by atoms with Crippen molar-refractivity contribution in [2.75, 3.05) is 11.5 Å². The maximum atomic E-state index is 12.1. The number of hydrogen-bond acceptors (Lipinski definition) is 3. The predicted octanol–water partition coefficient (Wildman–Crippen LogP) is 2.39. The van der Waals surface area contributed by atoms with Crippen LogP contribution in [0.2, 0.25) is 0 Å². The van der Waals surface area contributed by atoms with Crippen molar-refractivity contribution in [1.82, 2.24) is 5.32 Å². The van der Waals surface area contributed by atoms with Crippen LogP contribution in [-0.4, -0.2) is 34.0 Å². The molecule has 0 bridgehead atoms. The molecule has 2 N–H and O–H groups in total. The zero-order valence-corrected chi connectivity index (χ0v) is 13.0. The van der Waals surface area contributed by atoms with Gasteiger partial charge < -0.3 is 10.4 Å². The lowest BCUT2D eigenvalue weighted by Gasteiger charge is -2.33. The highest BCUT2D eigenvalue weighted by Gasteiger charge is 2.41. The van der Waals surface area contributed by atoms with E-state index in [0.29, 0.717) is 25.7 Å². The first-order chi connectivity index (χ1) is 10.0. The molecule has 1 aromatic carbocycles. The minimum absolute atomic E-state index is 0.174. The molecule has 0 atom stereocenters. The number of benzene rings is 1. The Morgan fingerprint density at radius 1 is 1.29 bits per heavy atom. The van der Waals surface area contributed by atoms with Crippen LogP contribution in [0.25, 0.3) is 0 Å². The fourth-order valence-electron chi connectivity index (χ4n) is 2.58. The summed E-state index contributed by atoms with van der Waals surface area (Å²) in [6, 6.07) is 7.95. The molecule has 0 saturated carbocycles. The third kappa shape index (κ3) is 4.00. The Balaban J connectivity index is 1.94. The molecule has 5 heteroatoms. The van der Waals surface area contributed by atoms with Crippen molar-refractivity contribution >= 4 is 23.6 Å². The molecule has 1 aromatic rings. The van der Waals surface area contributed by atoms with E-state index >= 15 is 0 Å². The standard InChI is InChI=1S/C16H21NO3S/c1-12-4-2-3-5-13(12)6-7-14(18)17-16(15(19)20)8-10-21-11-9-16/h2-5H,6-11H2,1H3,(H,17,18)(H,19,20). The molecular formula is C16H21NO3S. The van der Waals surface area contributed by atoms with Crippen molar-refractivity contribution in [3.8, 4) is 0 Å². The molecule has 1 aliphatic heterocycles. The molecule has 0 aromatic heterocycles. The third-order valence-electron chi connectivity index (χ3n) is 4.02. The van der Waals surface area contributed by atoms with Gasteiger partial charge in [-0.05, 0) is 48.8 Å².